The topological polar surface area (TPSA) is 75.6 Å². The van der Waals surface area contributed by atoms with Gasteiger partial charge < -0.3 is 15.2 Å². The number of hydrogen-bond acceptors (Lipinski definition) is 4. The van der Waals surface area contributed by atoms with Crippen molar-refractivity contribution in [2.75, 3.05) is 12.4 Å². The monoisotopic (exact) mass is 333 g/mol. The molecule has 0 heterocycles. The Hall–Kier alpha value is -3.22. The lowest BCUT2D eigenvalue weighted by atomic mass is 10.1. The highest BCUT2D eigenvalue weighted by Gasteiger charge is 2.15. The number of rotatable bonds is 5. The van der Waals surface area contributed by atoms with Gasteiger partial charge in [-0.3, -0.25) is 9.59 Å². The minimum absolute atomic E-state index is 0.267. The second-order valence-electron chi connectivity index (χ2n) is 4.70. The normalized spacial score (nSPS) is 11.0. The lowest BCUT2D eigenvalue weighted by molar-refractivity contribution is -0.132. The van der Waals surface area contributed by atoms with Crippen LogP contribution in [0.4, 0.5) is 14.5 Å². The fourth-order valence-corrected chi connectivity index (χ4v) is 1.83. The zero-order valence-electron chi connectivity index (χ0n) is 12.5. The van der Waals surface area contributed by atoms with Crippen molar-refractivity contribution < 1.29 is 28.2 Å². The third kappa shape index (κ3) is 4.16. The highest BCUT2D eigenvalue weighted by molar-refractivity contribution is 6.45. The van der Waals surface area contributed by atoms with E-state index in [-0.39, 0.29) is 11.3 Å². The van der Waals surface area contributed by atoms with Crippen LogP contribution >= 0.6 is 0 Å². The number of benzene rings is 2. The molecule has 0 spiro atoms. The Morgan fingerprint density at radius 2 is 1.92 bits per heavy atom. The van der Waals surface area contributed by atoms with E-state index >= 15 is 0 Å². The molecule has 5 nitrogen and oxygen atoms in total. The van der Waals surface area contributed by atoms with Gasteiger partial charge in [0.05, 0.1) is 12.8 Å². The van der Waals surface area contributed by atoms with Crippen molar-refractivity contribution in [3.05, 3.63) is 65.7 Å². The van der Waals surface area contributed by atoms with E-state index in [0.717, 1.165) is 12.1 Å². The van der Waals surface area contributed by atoms with Crippen LogP contribution in [0.1, 0.15) is 5.56 Å². The first-order valence-corrected chi connectivity index (χ1v) is 6.76. The number of ether oxygens (including phenoxy) is 1. The Kier molecular flexibility index (Phi) is 5.26. The molecular formula is C17H13F2NO4. The van der Waals surface area contributed by atoms with Gasteiger partial charge in [0.1, 0.15) is 23.1 Å². The van der Waals surface area contributed by atoms with Crippen LogP contribution in [-0.4, -0.2) is 23.9 Å². The first-order valence-electron chi connectivity index (χ1n) is 6.76. The number of aliphatic hydroxyl groups excluding tert-OH is 1. The summed E-state index contributed by atoms with van der Waals surface area (Å²) >= 11 is 0. The van der Waals surface area contributed by atoms with Crippen LogP contribution in [0.2, 0.25) is 0 Å². The van der Waals surface area contributed by atoms with E-state index in [0.29, 0.717) is 17.9 Å². The molecule has 24 heavy (non-hydrogen) atoms. The van der Waals surface area contributed by atoms with Gasteiger partial charge in [-0.2, -0.15) is 0 Å². The van der Waals surface area contributed by atoms with Crippen LogP contribution in [0.25, 0.3) is 5.76 Å². The molecule has 124 valence electrons. The summed E-state index contributed by atoms with van der Waals surface area (Å²) in [6.07, 6.45) is 0.700. The maximum Gasteiger partial charge on any atom is 0.296 e. The molecule has 0 aromatic heterocycles. The quantitative estimate of drug-likeness (QED) is 0.501. The summed E-state index contributed by atoms with van der Waals surface area (Å²) in [4.78, 5) is 23.5. The molecule has 2 aromatic carbocycles. The van der Waals surface area contributed by atoms with Crippen molar-refractivity contribution >= 4 is 23.1 Å². The van der Waals surface area contributed by atoms with E-state index in [1.165, 1.54) is 19.2 Å². The van der Waals surface area contributed by atoms with Gasteiger partial charge in [-0.25, -0.2) is 8.78 Å². The molecule has 2 aromatic rings. The predicted molar refractivity (Wildman–Crippen MR) is 83.6 cm³/mol. The Morgan fingerprint density at radius 3 is 2.58 bits per heavy atom. The fourth-order valence-electron chi connectivity index (χ4n) is 1.83. The number of amides is 1. The largest absolute Gasteiger partial charge is 0.507 e. The second-order valence-corrected chi connectivity index (χ2v) is 4.70. The lowest BCUT2D eigenvalue weighted by Gasteiger charge is -2.05. The first-order chi connectivity index (χ1) is 11.4. The molecule has 0 aliphatic rings. The molecular weight excluding hydrogens is 320 g/mol. The molecule has 7 heteroatoms. The van der Waals surface area contributed by atoms with Gasteiger partial charge in [0.25, 0.3) is 5.91 Å². The summed E-state index contributed by atoms with van der Waals surface area (Å²) in [5, 5.41) is 11.9. The SMILES string of the molecule is COc1cccc(C(O)=CC(=O)C(=O)Nc2ccc(F)cc2F)c1. The smallest absolute Gasteiger partial charge is 0.296 e. The van der Waals surface area contributed by atoms with Crippen molar-refractivity contribution in [3.8, 4) is 5.75 Å². The highest BCUT2D eigenvalue weighted by atomic mass is 19.1. The predicted octanol–water partition coefficient (Wildman–Crippen LogP) is 3.08. The Bertz CT molecular complexity index is 818. The van der Waals surface area contributed by atoms with Crippen LogP contribution in [0, 0.1) is 11.6 Å². The van der Waals surface area contributed by atoms with Gasteiger partial charge in [-0.05, 0) is 24.3 Å². The van der Waals surface area contributed by atoms with Gasteiger partial charge >= 0.3 is 0 Å². The van der Waals surface area contributed by atoms with Crippen LogP contribution in [0.3, 0.4) is 0 Å². The van der Waals surface area contributed by atoms with Gasteiger partial charge in [0.2, 0.25) is 5.78 Å². The van der Waals surface area contributed by atoms with Gasteiger partial charge in [-0.1, -0.05) is 12.1 Å². The van der Waals surface area contributed by atoms with Crippen LogP contribution < -0.4 is 10.1 Å². The summed E-state index contributed by atoms with van der Waals surface area (Å²) in [7, 11) is 1.44. The highest BCUT2D eigenvalue weighted by Crippen LogP contribution is 2.19. The van der Waals surface area contributed by atoms with Gasteiger partial charge in [0.15, 0.2) is 0 Å². The summed E-state index contributed by atoms with van der Waals surface area (Å²) < 4.78 is 31.2. The summed E-state index contributed by atoms with van der Waals surface area (Å²) in [6, 6.07) is 8.72. The van der Waals surface area contributed by atoms with Crippen LogP contribution in [-0.2, 0) is 9.59 Å². The number of nitrogens with one attached hydrogen (secondary N) is 1. The Morgan fingerprint density at radius 1 is 1.17 bits per heavy atom. The number of halogens is 2. The van der Waals surface area contributed by atoms with Crippen molar-refractivity contribution in [1.82, 2.24) is 0 Å². The molecule has 1 amide bonds. The molecule has 0 saturated heterocycles. The van der Waals surface area contributed by atoms with Crippen LogP contribution in [0.5, 0.6) is 5.75 Å². The minimum Gasteiger partial charge on any atom is -0.507 e. The number of anilines is 1. The second kappa shape index (κ2) is 7.36. The van der Waals surface area contributed by atoms with E-state index in [2.05, 4.69) is 0 Å². The maximum absolute atomic E-state index is 13.4. The van der Waals surface area contributed by atoms with Crippen LogP contribution in [0.15, 0.2) is 48.5 Å². The number of carbonyl (C=O) groups excluding carboxylic acids is 2. The molecule has 0 bridgehead atoms. The zero-order valence-corrected chi connectivity index (χ0v) is 12.5. The number of methoxy groups -OCH3 is 1. The minimum atomic E-state index is -1.17. The van der Waals surface area contributed by atoms with E-state index < -0.39 is 29.1 Å². The van der Waals surface area contributed by atoms with E-state index in [1.54, 1.807) is 12.1 Å². The molecule has 0 unspecified atom stereocenters. The molecule has 0 aliphatic carbocycles. The summed E-state index contributed by atoms with van der Waals surface area (Å²) in [5.41, 5.74) is -0.0764. The van der Waals surface area contributed by atoms with E-state index in [1.807, 2.05) is 5.32 Å². The van der Waals surface area contributed by atoms with Crippen molar-refractivity contribution in [2.24, 2.45) is 0 Å². The summed E-state index contributed by atoms with van der Waals surface area (Å²) in [6.45, 7) is 0. The third-order valence-electron chi connectivity index (χ3n) is 3.04. The van der Waals surface area contributed by atoms with Crippen molar-refractivity contribution in [3.63, 3.8) is 0 Å². The van der Waals surface area contributed by atoms with Gasteiger partial charge in [0, 0.05) is 17.7 Å². The third-order valence-corrected chi connectivity index (χ3v) is 3.04. The Labute approximate surface area is 136 Å². The molecule has 0 atom stereocenters. The van der Waals surface area contributed by atoms with E-state index in [4.69, 9.17) is 4.74 Å². The molecule has 0 radical (unpaired) electrons. The number of carbonyl (C=O) groups is 2. The van der Waals surface area contributed by atoms with E-state index in [9.17, 15) is 23.5 Å². The number of aliphatic hydroxyl groups is 1. The Balaban J connectivity index is 2.13. The van der Waals surface area contributed by atoms with Gasteiger partial charge in [-0.15, -0.1) is 0 Å². The molecule has 0 aliphatic heterocycles. The molecule has 2 rings (SSSR count). The average molecular weight is 333 g/mol. The lowest BCUT2D eigenvalue weighted by Crippen LogP contribution is -2.21. The molecule has 2 N–H and O–H groups in total. The average Bonchev–Trinajstić information content (AvgIpc) is 2.57. The fraction of sp³-hybridized carbons (Fsp3) is 0.0588. The van der Waals surface area contributed by atoms with Crippen molar-refractivity contribution in [1.29, 1.82) is 0 Å². The first kappa shape index (κ1) is 17.1. The number of hydrogen-bond donors (Lipinski definition) is 2. The maximum atomic E-state index is 13.4. The summed E-state index contributed by atoms with van der Waals surface area (Å²) in [5.74, 6) is -4.09. The molecule has 0 fully saturated rings. The van der Waals surface area contributed by atoms with Crippen molar-refractivity contribution in [2.45, 2.75) is 0 Å². The number of ketones is 1. The zero-order chi connectivity index (χ0) is 17.7. The standard InChI is InChI=1S/C17H13F2NO4/c1-24-12-4-2-3-10(7-12)15(21)9-16(22)17(23)20-14-6-5-11(18)8-13(14)19/h2-9,21H,1H3,(H,20,23). The molecule has 0 saturated carbocycles.